The molecular weight excluding hydrogens is 302 g/mol. The van der Waals surface area contributed by atoms with Crippen molar-refractivity contribution in [2.75, 3.05) is 13.7 Å². The minimum Gasteiger partial charge on any atom is -0.396 e. The molecule has 5 nitrogen and oxygen atoms in total. The van der Waals surface area contributed by atoms with E-state index in [0.29, 0.717) is 11.6 Å². The van der Waals surface area contributed by atoms with E-state index in [4.69, 9.17) is 0 Å². The average molecular weight is 325 g/mol. The van der Waals surface area contributed by atoms with Gasteiger partial charge in [-0.1, -0.05) is 12.1 Å². The van der Waals surface area contributed by atoms with Gasteiger partial charge in [0.1, 0.15) is 0 Å². The van der Waals surface area contributed by atoms with Crippen LogP contribution >= 0.6 is 0 Å². The summed E-state index contributed by atoms with van der Waals surface area (Å²) in [5.41, 5.74) is 2.35. The first-order chi connectivity index (χ1) is 11.7. The molecule has 126 valence electrons. The summed E-state index contributed by atoms with van der Waals surface area (Å²) in [7, 11) is 1.85. The van der Waals surface area contributed by atoms with Gasteiger partial charge in [-0.25, -0.2) is 4.98 Å². The molecule has 0 radical (unpaired) electrons. The first kappa shape index (κ1) is 16.6. The van der Waals surface area contributed by atoms with Crippen molar-refractivity contribution in [2.24, 2.45) is 5.92 Å². The number of hydrogen-bond donors (Lipinski definition) is 1. The number of rotatable bonds is 4. The Morgan fingerprint density at radius 2 is 1.96 bits per heavy atom. The third kappa shape index (κ3) is 3.79. The number of aliphatic hydroxyl groups is 1. The van der Waals surface area contributed by atoms with Crippen molar-refractivity contribution in [2.45, 2.75) is 31.7 Å². The molecular formula is C19H23N3O2. The Bertz CT molecular complexity index is 736. The zero-order valence-corrected chi connectivity index (χ0v) is 13.9. The molecule has 0 unspecified atom stereocenters. The lowest BCUT2D eigenvalue weighted by atomic mass is 9.86. The van der Waals surface area contributed by atoms with E-state index < -0.39 is 0 Å². The fourth-order valence-electron chi connectivity index (χ4n) is 3.22. The summed E-state index contributed by atoms with van der Waals surface area (Å²) in [4.78, 5) is 23.0. The number of aliphatic hydroxyl groups excluding tert-OH is 1. The van der Waals surface area contributed by atoms with Gasteiger partial charge in [0.05, 0.1) is 22.9 Å². The van der Waals surface area contributed by atoms with E-state index in [-0.39, 0.29) is 18.6 Å². The maximum atomic E-state index is 12.4. The molecule has 1 aromatic heterocycles. The number of fused-ring (bicyclic) bond motifs is 1. The molecule has 1 aromatic carbocycles. The number of amides is 1. The summed E-state index contributed by atoms with van der Waals surface area (Å²) in [5, 5.41) is 9.21. The van der Waals surface area contributed by atoms with Gasteiger partial charge in [0, 0.05) is 25.8 Å². The molecule has 1 heterocycles. The largest absolute Gasteiger partial charge is 0.396 e. The quantitative estimate of drug-likeness (QED) is 0.878. The van der Waals surface area contributed by atoms with Crippen LogP contribution < -0.4 is 0 Å². The van der Waals surface area contributed by atoms with E-state index in [0.717, 1.165) is 36.7 Å². The topological polar surface area (TPSA) is 66.3 Å². The Hall–Kier alpha value is -2.27. The molecule has 2 aromatic rings. The van der Waals surface area contributed by atoms with Crippen LogP contribution in [0.2, 0.25) is 0 Å². The standard InChI is InChI=1S/C19H23N3O2/c1-22(16-9-6-14(13-23)7-10-16)19(24)11-8-15-12-20-17-4-2-3-5-18(17)21-15/h2-5,8,11-12,14,16,23H,6-7,9-10,13H2,1H3/b11-8+. The van der Waals surface area contributed by atoms with Gasteiger partial charge < -0.3 is 10.0 Å². The molecule has 0 bridgehead atoms. The van der Waals surface area contributed by atoms with Gasteiger partial charge in [0.15, 0.2) is 0 Å². The molecule has 0 spiro atoms. The van der Waals surface area contributed by atoms with Crippen LogP contribution in [-0.4, -0.2) is 45.6 Å². The first-order valence-corrected chi connectivity index (χ1v) is 8.45. The third-order valence-electron chi connectivity index (χ3n) is 4.83. The second-order valence-electron chi connectivity index (χ2n) is 6.42. The van der Waals surface area contributed by atoms with Crippen LogP contribution in [0.1, 0.15) is 31.4 Å². The molecule has 3 rings (SSSR count). The average Bonchev–Trinajstić information content (AvgIpc) is 2.65. The van der Waals surface area contributed by atoms with Crippen LogP contribution in [0, 0.1) is 5.92 Å². The lowest BCUT2D eigenvalue weighted by Gasteiger charge is -2.33. The summed E-state index contributed by atoms with van der Waals surface area (Å²) in [6, 6.07) is 7.93. The van der Waals surface area contributed by atoms with Crippen LogP contribution in [0.5, 0.6) is 0 Å². The number of carbonyl (C=O) groups excluding carboxylic acids is 1. The van der Waals surface area contributed by atoms with Gasteiger partial charge in [0.2, 0.25) is 5.91 Å². The summed E-state index contributed by atoms with van der Waals surface area (Å²) < 4.78 is 0. The van der Waals surface area contributed by atoms with Gasteiger partial charge in [-0.2, -0.15) is 0 Å². The number of hydrogen-bond acceptors (Lipinski definition) is 4. The van der Waals surface area contributed by atoms with E-state index in [2.05, 4.69) is 9.97 Å². The highest BCUT2D eigenvalue weighted by molar-refractivity contribution is 5.91. The molecule has 1 amide bonds. The zero-order chi connectivity index (χ0) is 16.9. The van der Waals surface area contributed by atoms with Gasteiger partial charge in [0.25, 0.3) is 0 Å². The van der Waals surface area contributed by atoms with Crippen molar-refractivity contribution in [1.29, 1.82) is 0 Å². The summed E-state index contributed by atoms with van der Waals surface area (Å²) in [6.45, 7) is 0.255. The maximum Gasteiger partial charge on any atom is 0.246 e. The smallest absolute Gasteiger partial charge is 0.246 e. The number of carbonyl (C=O) groups is 1. The van der Waals surface area contributed by atoms with E-state index in [1.54, 1.807) is 23.2 Å². The Labute approximate surface area is 142 Å². The highest BCUT2D eigenvalue weighted by Gasteiger charge is 2.25. The van der Waals surface area contributed by atoms with E-state index in [1.165, 1.54) is 0 Å². The SMILES string of the molecule is CN(C(=O)/C=C/c1cnc2ccccc2n1)C1CCC(CO)CC1. The normalized spacial score (nSPS) is 21.2. The van der Waals surface area contributed by atoms with Crippen LogP contribution in [-0.2, 0) is 4.79 Å². The fraction of sp³-hybridized carbons (Fsp3) is 0.421. The number of likely N-dealkylation sites (N-methyl/N-ethyl adjacent to an activating group) is 1. The molecule has 1 aliphatic carbocycles. The van der Waals surface area contributed by atoms with Crippen LogP contribution in [0.15, 0.2) is 36.5 Å². The van der Waals surface area contributed by atoms with Crippen LogP contribution in [0.25, 0.3) is 17.1 Å². The third-order valence-corrected chi connectivity index (χ3v) is 4.83. The molecule has 1 N–H and O–H groups in total. The second-order valence-corrected chi connectivity index (χ2v) is 6.42. The summed E-state index contributed by atoms with van der Waals surface area (Å²) >= 11 is 0. The van der Waals surface area contributed by atoms with Gasteiger partial charge in [-0.3, -0.25) is 9.78 Å². The summed E-state index contributed by atoms with van der Waals surface area (Å²) in [5.74, 6) is 0.380. The molecule has 0 atom stereocenters. The monoisotopic (exact) mass is 325 g/mol. The Morgan fingerprint density at radius 3 is 2.67 bits per heavy atom. The number of aromatic nitrogens is 2. The predicted molar refractivity (Wildman–Crippen MR) is 94.2 cm³/mol. The fourth-order valence-corrected chi connectivity index (χ4v) is 3.22. The van der Waals surface area contributed by atoms with E-state index in [9.17, 15) is 9.90 Å². The van der Waals surface area contributed by atoms with Gasteiger partial charge >= 0.3 is 0 Å². The van der Waals surface area contributed by atoms with Crippen LogP contribution in [0.4, 0.5) is 0 Å². The van der Waals surface area contributed by atoms with E-state index >= 15 is 0 Å². The lowest BCUT2D eigenvalue weighted by Crippen LogP contribution is -2.39. The number of nitrogens with zero attached hydrogens (tertiary/aromatic N) is 3. The van der Waals surface area contributed by atoms with Crippen molar-refractivity contribution < 1.29 is 9.90 Å². The van der Waals surface area contributed by atoms with Crippen molar-refractivity contribution in [3.8, 4) is 0 Å². The first-order valence-electron chi connectivity index (χ1n) is 8.45. The predicted octanol–water partition coefficient (Wildman–Crippen LogP) is 2.65. The van der Waals surface area contributed by atoms with Gasteiger partial charge in [-0.15, -0.1) is 0 Å². The Kier molecular flexibility index (Phi) is 5.20. The molecule has 1 fully saturated rings. The lowest BCUT2D eigenvalue weighted by molar-refractivity contribution is -0.127. The minimum atomic E-state index is -0.0163. The maximum absolute atomic E-state index is 12.4. The molecule has 5 heteroatoms. The molecule has 1 saturated carbocycles. The Balaban J connectivity index is 1.63. The minimum absolute atomic E-state index is 0.0163. The highest BCUT2D eigenvalue weighted by Crippen LogP contribution is 2.26. The molecule has 24 heavy (non-hydrogen) atoms. The molecule has 0 saturated heterocycles. The van der Waals surface area contributed by atoms with Gasteiger partial charge in [-0.05, 0) is 49.8 Å². The van der Waals surface area contributed by atoms with Crippen molar-refractivity contribution in [3.63, 3.8) is 0 Å². The Morgan fingerprint density at radius 1 is 1.25 bits per heavy atom. The molecule has 0 aliphatic heterocycles. The highest BCUT2D eigenvalue weighted by atomic mass is 16.3. The van der Waals surface area contributed by atoms with E-state index in [1.807, 2.05) is 31.3 Å². The zero-order valence-electron chi connectivity index (χ0n) is 13.9. The number of benzene rings is 1. The van der Waals surface area contributed by atoms with Crippen molar-refractivity contribution >= 4 is 23.0 Å². The second kappa shape index (κ2) is 7.53. The van der Waals surface area contributed by atoms with Crippen molar-refractivity contribution in [3.05, 3.63) is 42.2 Å². The molecule has 1 aliphatic rings. The summed E-state index contributed by atoms with van der Waals surface area (Å²) in [6.07, 6.45) is 8.85. The van der Waals surface area contributed by atoms with Crippen LogP contribution in [0.3, 0.4) is 0 Å². The van der Waals surface area contributed by atoms with Crippen molar-refractivity contribution in [1.82, 2.24) is 14.9 Å². The number of para-hydroxylation sites is 2.